The van der Waals surface area contributed by atoms with Crippen molar-refractivity contribution in [3.05, 3.63) is 40.9 Å². The third-order valence-electron chi connectivity index (χ3n) is 16.7. The Morgan fingerprint density at radius 2 is 1.60 bits per heavy atom. The zero-order valence-corrected chi connectivity index (χ0v) is 36.5. The van der Waals surface area contributed by atoms with Crippen LogP contribution in [0.1, 0.15) is 158 Å². The number of hydrogen-bond donors (Lipinski definition) is 3. The average molecular weight is 783 g/mol. The summed E-state index contributed by atoms with van der Waals surface area (Å²) < 4.78 is 6.27. The van der Waals surface area contributed by atoms with Crippen molar-refractivity contribution < 1.29 is 29.3 Å². The number of esters is 1. The van der Waals surface area contributed by atoms with Gasteiger partial charge in [-0.25, -0.2) is 0 Å². The molecule has 0 spiro atoms. The molecule has 0 aromatic heterocycles. The Labute approximate surface area is 337 Å². The van der Waals surface area contributed by atoms with Crippen LogP contribution < -0.4 is 5.32 Å². The maximum absolute atomic E-state index is 13.8. The molecule has 7 nitrogen and oxygen atoms in total. The molecular formula is C47H72ClNO6. The van der Waals surface area contributed by atoms with Gasteiger partial charge in [-0.1, -0.05) is 92.1 Å². The van der Waals surface area contributed by atoms with Crippen molar-refractivity contribution in [2.45, 2.75) is 165 Å². The molecule has 5 aliphatic rings. The summed E-state index contributed by atoms with van der Waals surface area (Å²) >= 11 is 6.02. The number of allylic oxidation sites excluding steroid dienone is 1. The van der Waals surface area contributed by atoms with E-state index in [2.05, 4.69) is 53.4 Å². The van der Waals surface area contributed by atoms with Gasteiger partial charge >= 0.3 is 11.9 Å². The molecule has 0 radical (unpaired) electrons. The highest BCUT2D eigenvalue weighted by atomic mass is 35.5. The Morgan fingerprint density at radius 3 is 2.24 bits per heavy atom. The van der Waals surface area contributed by atoms with E-state index in [9.17, 15) is 24.6 Å². The third kappa shape index (κ3) is 7.75. The number of amides is 1. The highest BCUT2D eigenvalue weighted by molar-refractivity contribution is 6.32. The highest BCUT2D eigenvalue weighted by Crippen LogP contribution is 2.78. The average Bonchev–Trinajstić information content (AvgIpc) is 3.46. The Morgan fingerprint density at radius 1 is 0.909 bits per heavy atom. The van der Waals surface area contributed by atoms with Crippen molar-refractivity contribution >= 4 is 29.4 Å². The van der Waals surface area contributed by atoms with E-state index in [1.165, 1.54) is 18.4 Å². The predicted molar refractivity (Wildman–Crippen MR) is 220 cm³/mol. The first-order valence-electron chi connectivity index (χ1n) is 21.4. The third-order valence-corrected chi connectivity index (χ3v) is 17.0. The van der Waals surface area contributed by atoms with E-state index in [-0.39, 0.29) is 63.6 Å². The lowest BCUT2D eigenvalue weighted by molar-refractivity contribution is -0.250. The number of aromatic hydroxyl groups is 1. The Bertz CT molecular complexity index is 1640. The van der Waals surface area contributed by atoms with Crippen molar-refractivity contribution in [2.24, 2.45) is 62.1 Å². The van der Waals surface area contributed by atoms with Crippen LogP contribution in [0.4, 0.5) is 0 Å². The van der Waals surface area contributed by atoms with Crippen molar-refractivity contribution in [3.63, 3.8) is 0 Å². The van der Waals surface area contributed by atoms with Gasteiger partial charge in [0, 0.05) is 18.4 Å². The number of rotatable bonds is 10. The lowest BCUT2D eigenvalue weighted by Gasteiger charge is -2.73. The first kappa shape index (κ1) is 43.6. The molecule has 8 heteroatoms. The number of fused-ring (bicyclic) bond motifs is 7. The molecule has 5 saturated carbocycles. The zero-order valence-electron chi connectivity index (χ0n) is 35.7. The second kappa shape index (κ2) is 15.7. The van der Waals surface area contributed by atoms with E-state index < -0.39 is 11.4 Å². The molecular weight excluding hydrogens is 710 g/mol. The second-order valence-electron chi connectivity index (χ2n) is 20.5. The molecule has 308 valence electrons. The molecule has 3 unspecified atom stereocenters. The maximum Gasteiger partial charge on any atom is 0.306 e. The molecule has 6 rings (SSSR count). The quantitative estimate of drug-likeness (QED) is 0.161. The molecule has 55 heavy (non-hydrogen) atoms. The SMILES string of the molecule is C=C(C)[C@@H]1CC[C@]2(CC(=O)NCc3ccc(Cl)c(O)c3)CC[C@]3(C)[C@H](CCC4[C@@]5(C)CC[C@H](OC(=O)CC(C)(C)CC(=O)O)C(C)(C)C5CC[C@]43C)C12.CC. The minimum atomic E-state index is -0.893. The second-order valence-corrected chi connectivity index (χ2v) is 20.9. The van der Waals surface area contributed by atoms with Crippen LogP contribution in [0.2, 0.25) is 5.02 Å². The number of hydrogen-bond acceptors (Lipinski definition) is 5. The van der Waals surface area contributed by atoms with Gasteiger partial charge in [-0.3, -0.25) is 14.4 Å². The summed E-state index contributed by atoms with van der Waals surface area (Å²) in [6.45, 7) is 27.2. The largest absolute Gasteiger partial charge is 0.506 e. The van der Waals surface area contributed by atoms with Crippen LogP contribution in [0.5, 0.6) is 5.75 Å². The van der Waals surface area contributed by atoms with Crippen LogP contribution in [0.15, 0.2) is 30.4 Å². The first-order chi connectivity index (χ1) is 25.6. The lowest BCUT2D eigenvalue weighted by atomic mass is 9.32. The summed E-state index contributed by atoms with van der Waals surface area (Å²) in [6.07, 6.45) is 11.3. The van der Waals surface area contributed by atoms with Crippen molar-refractivity contribution in [3.8, 4) is 5.75 Å². The Balaban J connectivity index is 0.00000285. The van der Waals surface area contributed by atoms with Crippen LogP contribution >= 0.6 is 11.6 Å². The molecule has 10 atom stereocenters. The topological polar surface area (TPSA) is 113 Å². The number of benzene rings is 1. The van der Waals surface area contributed by atoms with Crippen LogP contribution in [-0.4, -0.2) is 34.2 Å². The predicted octanol–water partition coefficient (Wildman–Crippen LogP) is 11.5. The van der Waals surface area contributed by atoms with Crippen molar-refractivity contribution in [1.82, 2.24) is 5.32 Å². The lowest BCUT2D eigenvalue weighted by Crippen LogP contribution is -2.67. The summed E-state index contributed by atoms with van der Waals surface area (Å²) in [6, 6.07) is 5.15. The normalized spacial score (nSPS) is 37.4. The monoisotopic (exact) mass is 782 g/mol. The molecule has 1 amide bonds. The van der Waals surface area contributed by atoms with Gasteiger partial charge in [0.15, 0.2) is 0 Å². The van der Waals surface area contributed by atoms with Gasteiger partial charge in [-0.2, -0.15) is 0 Å². The number of carbonyl (C=O) groups excluding carboxylic acids is 2. The molecule has 0 saturated heterocycles. The summed E-state index contributed by atoms with van der Waals surface area (Å²) in [5.41, 5.74) is 1.67. The number of nitrogens with one attached hydrogen (secondary N) is 1. The van der Waals surface area contributed by atoms with Gasteiger partial charge in [0.2, 0.25) is 5.91 Å². The molecule has 5 fully saturated rings. The fourth-order valence-corrected chi connectivity index (χ4v) is 14.2. The minimum Gasteiger partial charge on any atom is -0.506 e. The Kier molecular flexibility index (Phi) is 12.4. The van der Waals surface area contributed by atoms with Crippen molar-refractivity contribution in [1.29, 1.82) is 0 Å². The van der Waals surface area contributed by atoms with Crippen LogP contribution in [-0.2, 0) is 25.7 Å². The number of carbonyl (C=O) groups is 3. The number of halogens is 1. The Hall–Kier alpha value is -2.54. The van der Waals surface area contributed by atoms with E-state index in [1.807, 2.05) is 33.8 Å². The fraction of sp³-hybridized carbons (Fsp3) is 0.766. The minimum absolute atomic E-state index is 0.0323. The van der Waals surface area contributed by atoms with E-state index in [4.69, 9.17) is 16.3 Å². The smallest absolute Gasteiger partial charge is 0.306 e. The molecule has 0 heterocycles. The van der Waals surface area contributed by atoms with E-state index in [0.29, 0.717) is 47.6 Å². The van der Waals surface area contributed by atoms with Gasteiger partial charge in [-0.15, -0.1) is 0 Å². The van der Waals surface area contributed by atoms with Gasteiger partial charge in [0.05, 0.1) is 17.9 Å². The number of ether oxygens (including phenoxy) is 1. The molecule has 1 aromatic carbocycles. The molecule has 0 aliphatic heterocycles. The first-order valence-corrected chi connectivity index (χ1v) is 21.8. The molecule has 0 bridgehead atoms. The van der Waals surface area contributed by atoms with E-state index >= 15 is 0 Å². The zero-order chi connectivity index (χ0) is 40.9. The highest BCUT2D eigenvalue weighted by Gasteiger charge is 2.71. The van der Waals surface area contributed by atoms with Gasteiger partial charge in [0.25, 0.3) is 0 Å². The van der Waals surface area contributed by atoms with Crippen LogP contribution in [0.25, 0.3) is 0 Å². The standard InChI is InChI=1S/C45H66ClNO6.C2H6/c1-27(2)29-14-19-45(23-36(49)47-26-28-10-12-31(46)32(48)22-28)21-20-43(8)30(39(29)45)11-13-34-42(7)17-16-35(41(5,6)33(42)15-18-44(34,43)9)53-38(52)25-40(3,4)24-37(50)51;1-2/h10,12,22,29-30,33-35,39,48H,1,11,13-21,23-26H2,2-9H3,(H,47,49)(H,50,51);1-2H3/t29-,30+,33?,34?,35-,39?,42-,43+,44+,45+;/m0./s1. The van der Waals surface area contributed by atoms with Gasteiger partial charge < -0.3 is 20.3 Å². The van der Waals surface area contributed by atoms with Gasteiger partial charge in [-0.05, 0) is 145 Å². The summed E-state index contributed by atoms with van der Waals surface area (Å²) in [5.74, 6) is 1.34. The van der Waals surface area contributed by atoms with E-state index in [0.717, 1.165) is 56.9 Å². The fourth-order valence-electron chi connectivity index (χ4n) is 14.1. The van der Waals surface area contributed by atoms with Crippen LogP contribution in [0, 0.1) is 62.1 Å². The maximum atomic E-state index is 13.8. The number of aliphatic carboxylic acids is 1. The van der Waals surface area contributed by atoms with Crippen LogP contribution in [0.3, 0.4) is 0 Å². The van der Waals surface area contributed by atoms with E-state index in [1.54, 1.807) is 12.1 Å². The number of phenolic OH excluding ortho intramolecular Hbond substituents is 1. The van der Waals surface area contributed by atoms with Gasteiger partial charge in [0.1, 0.15) is 11.9 Å². The number of carboxylic acid groups (broad SMARTS) is 1. The van der Waals surface area contributed by atoms with Crippen molar-refractivity contribution in [2.75, 3.05) is 0 Å². The number of carboxylic acids is 1. The molecule has 1 aromatic rings. The molecule has 3 N–H and O–H groups in total. The summed E-state index contributed by atoms with van der Waals surface area (Å²) in [4.78, 5) is 38.4. The summed E-state index contributed by atoms with van der Waals surface area (Å²) in [5, 5.41) is 22.9. The summed E-state index contributed by atoms with van der Waals surface area (Å²) in [7, 11) is 0. The number of phenols is 1. The molecule has 5 aliphatic carbocycles.